The molecular weight excluding hydrogens is 214 g/mol. The Morgan fingerprint density at radius 1 is 1.35 bits per heavy atom. The van der Waals surface area contributed by atoms with Crippen LogP contribution in [0.15, 0.2) is 28.7 Å². The standard InChI is InChI=1S/C14H17NO2/c1-16-9-14-12(8-15-10-6-7-10)11-4-2-3-5-13(11)17-14/h2-5,10,15H,6-9H2,1H3. The van der Waals surface area contributed by atoms with E-state index in [1.165, 1.54) is 23.8 Å². The molecule has 0 bridgehead atoms. The van der Waals surface area contributed by atoms with Gasteiger partial charge in [-0.25, -0.2) is 0 Å². The minimum atomic E-state index is 0.538. The van der Waals surface area contributed by atoms with Gasteiger partial charge in [-0.05, 0) is 18.9 Å². The highest BCUT2D eigenvalue weighted by Gasteiger charge is 2.22. The van der Waals surface area contributed by atoms with E-state index in [4.69, 9.17) is 9.15 Å². The molecule has 1 aromatic carbocycles. The summed E-state index contributed by atoms with van der Waals surface area (Å²) in [5, 5.41) is 4.74. The van der Waals surface area contributed by atoms with Crippen molar-refractivity contribution < 1.29 is 9.15 Å². The van der Waals surface area contributed by atoms with Gasteiger partial charge in [-0.15, -0.1) is 0 Å². The quantitative estimate of drug-likeness (QED) is 0.859. The van der Waals surface area contributed by atoms with Crippen LogP contribution >= 0.6 is 0 Å². The van der Waals surface area contributed by atoms with Crippen LogP contribution in [-0.2, 0) is 17.9 Å². The number of hydrogen-bond donors (Lipinski definition) is 1. The van der Waals surface area contributed by atoms with Crippen molar-refractivity contribution in [1.82, 2.24) is 5.32 Å². The third-order valence-corrected chi connectivity index (χ3v) is 3.20. The van der Waals surface area contributed by atoms with Gasteiger partial charge in [0.2, 0.25) is 0 Å². The van der Waals surface area contributed by atoms with Gasteiger partial charge in [0.05, 0.1) is 0 Å². The minimum Gasteiger partial charge on any atom is -0.458 e. The molecule has 3 heteroatoms. The second-order valence-electron chi connectivity index (χ2n) is 4.59. The Hall–Kier alpha value is -1.32. The van der Waals surface area contributed by atoms with E-state index in [0.29, 0.717) is 12.6 Å². The third-order valence-electron chi connectivity index (χ3n) is 3.20. The van der Waals surface area contributed by atoms with Crippen molar-refractivity contribution in [1.29, 1.82) is 0 Å². The van der Waals surface area contributed by atoms with E-state index in [1.54, 1.807) is 7.11 Å². The molecule has 90 valence electrons. The number of ether oxygens (including phenoxy) is 1. The number of benzene rings is 1. The maximum absolute atomic E-state index is 5.83. The van der Waals surface area contributed by atoms with Crippen LogP contribution in [0.4, 0.5) is 0 Å². The molecule has 1 fully saturated rings. The van der Waals surface area contributed by atoms with Crippen LogP contribution in [0, 0.1) is 0 Å². The Balaban J connectivity index is 1.94. The summed E-state index contributed by atoms with van der Waals surface area (Å²) < 4.78 is 11.0. The second kappa shape index (κ2) is 4.51. The summed E-state index contributed by atoms with van der Waals surface area (Å²) in [5.74, 6) is 0.946. The number of furan rings is 1. The van der Waals surface area contributed by atoms with Crippen molar-refractivity contribution in [2.75, 3.05) is 7.11 Å². The number of methoxy groups -OCH3 is 1. The van der Waals surface area contributed by atoms with Gasteiger partial charge < -0.3 is 14.5 Å². The molecule has 0 amide bonds. The molecule has 3 rings (SSSR count). The molecule has 0 unspecified atom stereocenters. The van der Waals surface area contributed by atoms with Gasteiger partial charge in [0, 0.05) is 30.6 Å². The molecule has 2 aromatic rings. The number of fused-ring (bicyclic) bond motifs is 1. The topological polar surface area (TPSA) is 34.4 Å². The number of rotatable bonds is 5. The zero-order valence-electron chi connectivity index (χ0n) is 10.0. The second-order valence-corrected chi connectivity index (χ2v) is 4.59. The highest BCUT2D eigenvalue weighted by atomic mass is 16.5. The molecule has 0 spiro atoms. The minimum absolute atomic E-state index is 0.538. The summed E-state index contributed by atoms with van der Waals surface area (Å²) >= 11 is 0. The van der Waals surface area contributed by atoms with Crippen LogP contribution in [0.1, 0.15) is 24.2 Å². The first-order chi connectivity index (χ1) is 8.38. The van der Waals surface area contributed by atoms with Gasteiger partial charge in [0.15, 0.2) is 0 Å². The maximum Gasteiger partial charge on any atom is 0.135 e. The lowest BCUT2D eigenvalue weighted by Crippen LogP contribution is -2.16. The first kappa shape index (κ1) is 10.8. The summed E-state index contributed by atoms with van der Waals surface area (Å²) in [4.78, 5) is 0. The molecule has 1 N–H and O–H groups in total. The van der Waals surface area contributed by atoms with Crippen molar-refractivity contribution in [2.24, 2.45) is 0 Å². The monoisotopic (exact) mass is 231 g/mol. The Labute approximate surface area is 101 Å². The summed E-state index contributed by atoms with van der Waals surface area (Å²) in [6.45, 7) is 1.41. The van der Waals surface area contributed by atoms with E-state index in [-0.39, 0.29) is 0 Å². The van der Waals surface area contributed by atoms with E-state index < -0.39 is 0 Å². The third kappa shape index (κ3) is 2.21. The average Bonchev–Trinajstić information content (AvgIpc) is 3.10. The van der Waals surface area contributed by atoms with Crippen molar-refractivity contribution >= 4 is 11.0 Å². The summed E-state index contributed by atoms with van der Waals surface area (Å²) in [6.07, 6.45) is 2.60. The van der Waals surface area contributed by atoms with Gasteiger partial charge in [-0.2, -0.15) is 0 Å². The van der Waals surface area contributed by atoms with Gasteiger partial charge in [0.1, 0.15) is 18.0 Å². The molecule has 0 saturated heterocycles. The van der Waals surface area contributed by atoms with Crippen LogP contribution in [-0.4, -0.2) is 13.2 Å². The molecule has 1 heterocycles. The first-order valence-corrected chi connectivity index (χ1v) is 6.10. The van der Waals surface area contributed by atoms with E-state index in [9.17, 15) is 0 Å². The van der Waals surface area contributed by atoms with Gasteiger partial charge in [-0.1, -0.05) is 18.2 Å². The molecule has 0 atom stereocenters. The molecule has 3 nitrogen and oxygen atoms in total. The Morgan fingerprint density at radius 3 is 2.94 bits per heavy atom. The predicted molar refractivity (Wildman–Crippen MR) is 66.8 cm³/mol. The van der Waals surface area contributed by atoms with Gasteiger partial charge in [-0.3, -0.25) is 0 Å². The highest BCUT2D eigenvalue weighted by molar-refractivity contribution is 5.82. The van der Waals surface area contributed by atoms with Gasteiger partial charge in [0.25, 0.3) is 0 Å². The summed E-state index contributed by atoms with van der Waals surface area (Å²) in [6, 6.07) is 8.88. The fraction of sp³-hybridized carbons (Fsp3) is 0.429. The number of para-hydroxylation sites is 1. The smallest absolute Gasteiger partial charge is 0.135 e. The fourth-order valence-electron chi connectivity index (χ4n) is 2.12. The lowest BCUT2D eigenvalue weighted by molar-refractivity contribution is 0.165. The maximum atomic E-state index is 5.83. The number of nitrogens with one attached hydrogen (secondary N) is 1. The van der Waals surface area contributed by atoms with Gasteiger partial charge >= 0.3 is 0 Å². The molecule has 1 aliphatic rings. The first-order valence-electron chi connectivity index (χ1n) is 6.10. The number of hydrogen-bond acceptors (Lipinski definition) is 3. The SMILES string of the molecule is COCc1oc2ccccc2c1CNC1CC1. The van der Waals surface area contributed by atoms with Crippen LogP contribution < -0.4 is 5.32 Å². The summed E-state index contributed by atoms with van der Waals surface area (Å²) in [5.41, 5.74) is 2.20. The van der Waals surface area contributed by atoms with Crippen LogP contribution in [0.5, 0.6) is 0 Å². The normalized spacial score (nSPS) is 15.6. The highest BCUT2D eigenvalue weighted by Crippen LogP contribution is 2.27. The Kier molecular flexibility index (Phi) is 2.87. The summed E-state index contributed by atoms with van der Waals surface area (Å²) in [7, 11) is 1.70. The van der Waals surface area contributed by atoms with Crippen LogP contribution in [0.3, 0.4) is 0 Å². The largest absolute Gasteiger partial charge is 0.458 e. The molecule has 1 aromatic heterocycles. The van der Waals surface area contributed by atoms with E-state index >= 15 is 0 Å². The van der Waals surface area contributed by atoms with Crippen molar-refractivity contribution in [2.45, 2.75) is 32.0 Å². The van der Waals surface area contributed by atoms with E-state index in [2.05, 4.69) is 17.4 Å². The van der Waals surface area contributed by atoms with Crippen LogP contribution in [0.25, 0.3) is 11.0 Å². The Bertz CT molecular complexity index is 514. The Morgan fingerprint density at radius 2 is 2.18 bits per heavy atom. The average molecular weight is 231 g/mol. The zero-order chi connectivity index (χ0) is 11.7. The zero-order valence-corrected chi connectivity index (χ0v) is 10.0. The molecule has 1 aliphatic carbocycles. The van der Waals surface area contributed by atoms with Crippen LogP contribution in [0.2, 0.25) is 0 Å². The predicted octanol–water partition coefficient (Wildman–Crippen LogP) is 2.83. The molecule has 0 radical (unpaired) electrons. The van der Waals surface area contributed by atoms with Crippen molar-refractivity contribution in [3.05, 3.63) is 35.6 Å². The van der Waals surface area contributed by atoms with Crippen molar-refractivity contribution in [3.63, 3.8) is 0 Å². The molecule has 1 saturated carbocycles. The fourth-order valence-corrected chi connectivity index (χ4v) is 2.12. The van der Waals surface area contributed by atoms with E-state index in [1.807, 2.05) is 12.1 Å². The lowest BCUT2D eigenvalue weighted by Gasteiger charge is -2.03. The molecule has 17 heavy (non-hydrogen) atoms. The van der Waals surface area contributed by atoms with E-state index in [0.717, 1.165) is 17.9 Å². The van der Waals surface area contributed by atoms with Crippen molar-refractivity contribution in [3.8, 4) is 0 Å². The molecular formula is C14H17NO2. The molecule has 0 aliphatic heterocycles. The lowest BCUT2D eigenvalue weighted by atomic mass is 10.1.